The van der Waals surface area contributed by atoms with Crippen molar-refractivity contribution in [2.75, 3.05) is 13.3 Å². The van der Waals surface area contributed by atoms with Gasteiger partial charge in [-0.2, -0.15) is 0 Å². The molecule has 0 heterocycles. The Kier molecular flexibility index (Phi) is 9.19. The van der Waals surface area contributed by atoms with E-state index >= 15 is 0 Å². The molecule has 0 aliphatic heterocycles. The molecular weight excluding hydrogens is 334 g/mol. The molecule has 2 rings (SSSR count). The minimum absolute atomic E-state index is 0. The molecule has 0 spiro atoms. The van der Waals surface area contributed by atoms with Crippen LogP contribution in [0.5, 0.6) is 0 Å². The first-order valence-electron chi connectivity index (χ1n) is 5.21. The summed E-state index contributed by atoms with van der Waals surface area (Å²) in [4.78, 5) is 0. The standard InChI is InChI=1S/C5H9FIN.C5H9F.ClH/c6-3-4-1-5(2-4)7-8;6-4-5-2-1-3-5;/h4-5,8H,1-3H2;5H,1-4H2;1H. The van der Waals surface area contributed by atoms with Crippen molar-refractivity contribution in [3.8, 4) is 0 Å². The van der Waals surface area contributed by atoms with Gasteiger partial charge in [0, 0.05) is 3.92 Å². The van der Waals surface area contributed by atoms with Crippen molar-refractivity contribution in [1.82, 2.24) is 0 Å². The van der Waals surface area contributed by atoms with Gasteiger partial charge in [-0.3, -0.25) is 12.3 Å². The second-order valence-electron chi connectivity index (χ2n) is 4.15. The van der Waals surface area contributed by atoms with Crippen molar-refractivity contribution < 1.29 is 8.78 Å². The average molecular weight is 354 g/mol. The molecule has 1 N–H and O–H groups in total. The van der Waals surface area contributed by atoms with Crippen LogP contribution >= 0.6 is 33.4 Å². The maximum absolute atomic E-state index is 11.7. The predicted octanol–water partition coefficient (Wildman–Crippen LogP) is 4.65. The minimum atomic E-state index is -0.319. The molecule has 2 aliphatic rings. The minimum Gasteiger partial charge on any atom is -0.278 e. The number of alkyl halides is 3. The molecule has 15 heavy (non-hydrogen) atoms. The van der Waals surface area contributed by atoms with Crippen molar-refractivity contribution in [3.05, 3.63) is 0 Å². The molecule has 0 atom stereocenters. The zero-order valence-electron chi connectivity index (χ0n) is 8.72. The zero-order chi connectivity index (χ0) is 10.4. The summed E-state index contributed by atoms with van der Waals surface area (Å²) in [5.74, 6) is 0.787. The van der Waals surface area contributed by atoms with Gasteiger partial charge in [0.2, 0.25) is 0 Å². The second kappa shape index (κ2) is 8.79. The molecule has 92 valence electrons. The zero-order valence-corrected chi connectivity index (χ0v) is 11.7. The van der Waals surface area contributed by atoms with Crippen molar-refractivity contribution in [3.63, 3.8) is 0 Å². The molecule has 0 aromatic carbocycles. The van der Waals surface area contributed by atoms with E-state index in [1.54, 1.807) is 0 Å². The van der Waals surface area contributed by atoms with Crippen LogP contribution in [0.25, 0.3) is 0 Å². The lowest BCUT2D eigenvalue weighted by atomic mass is 9.87. The van der Waals surface area contributed by atoms with Crippen LogP contribution in [0.15, 0.2) is 0 Å². The van der Waals surface area contributed by atoms with Crippen LogP contribution in [0.1, 0.15) is 32.1 Å². The molecule has 0 amide bonds. The lowest BCUT2D eigenvalue weighted by Crippen LogP contribution is -2.25. The van der Waals surface area contributed by atoms with Gasteiger partial charge in [-0.05, 0) is 58.6 Å². The Morgan fingerprint density at radius 3 is 1.80 bits per heavy atom. The topological polar surface area (TPSA) is 23.9 Å². The maximum atomic E-state index is 11.7. The van der Waals surface area contributed by atoms with Gasteiger partial charge in [-0.1, -0.05) is 6.42 Å². The summed E-state index contributed by atoms with van der Waals surface area (Å²) in [5.41, 5.74) is 0. The van der Waals surface area contributed by atoms with Gasteiger partial charge < -0.3 is 0 Å². The maximum Gasteiger partial charge on any atom is 0.0923 e. The summed E-state index contributed by atoms with van der Waals surface area (Å²) in [7, 11) is 0. The smallest absolute Gasteiger partial charge is 0.0923 e. The Hall–Kier alpha value is 0.680. The van der Waals surface area contributed by atoms with Crippen LogP contribution in [-0.2, 0) is 0 Å². The molecule has 1 nitrogen and oxygen atoms in total. The Morgan fingerprint density at radius 2 is 1.60 bits per heavy atom. The monoisotopic (exact) mass is 353 g/mol. The van der Waals surface area contributed by atoms with Gasteiger partial charge in [0.15, 0.2) is 0 Å². The molecule has 5 heteroatoms. The van der Waals surface area contributed by atoms with Gasteiger partial charge in [-0.25, -0.2) is 0 Å². The van der Waals surface area contributed by atoms with Crippen LogP contribution in [0.4, 0.5) is 8.78 Å². The van der Waals surface area contributed by atoms with Crippen LogP contribution in [0.3, 0.4) is 0 Å². The molecule has 2 aliphatic carbocycles. The predicted molar refractivity (Wildman–Crippen MR) is 69.8 cm³/mol. The van der Waals surface area contributed by atoms with Crippen LogP contribution < -0.4 is 0 Å². The molecule has 0 radical (unpaired) electrons. The van der Waals surface area contributed by atoms with Crippen LogP contribution in [-0.4, -0.2) is 17.3 Å². The van der Waals surface area contributed by atoms with Crippen molar-refractivity contribution in [2.45, 2.75) is 36.0 Å². The highest BCUT2D eigenvalue weighted by molar-refractivity contribution is 14.1. The molecule has 0 saturated heterocycles. The molecule has 2 fully saturated rings. The van der Waals surface area contributed by atoms with Crippen LogP contribution in [0, 0.1) is 15.4 Å². The summed E-state index contributed by atoms with van der Waals surface area (Å²) in [6.07, 6.45) is 5.54. The Balaban J connectivity index is 0.000000253. The Morgan fingerprint density at radius 1 is 1.07 bits per heavy atom. The van der Waals surface area contributed by atoms with E-state index in [1.807, 2.05) is 0 Å². The fourth-order valence-corrected chi connectivity index (χ4v) is 3.46. The quantitative estimate of drug-likeness (QED) is 0.564. The Labute approximate surface area is 107 Å². The second-order valence-corrected chi connectivity index (χ2v) is 6.53. The van der Waals surface area contributed by atoms with E-state index in [-0.39, 0.29) is 46.8 Å². The van der Waals surface area contributed by atoms with Gasteiger partial charge >= 0.3 is 0 Å². The summed E-state index contributed by atoms with van der Waals surface area (Å²) in [6.45, 7) is -0.236. The van der Waals surface area contributed by atoms with E-state index in [9.17, 15) is 8.78 Å². The molecule has 0 aromatic rings. The first kappa shape index (κ1) is 15.7. The normalized spacial score (nSPS) is 28.9. The van der Waals surface area contributed by atoms with E-state index in [0.29, 0.717) is 15.8 Å². The van der Waals surface area contributed by atoms with Crippen molar-refractivity contribution >= 4 is 33.4 Å². The SMILES string of the molecule is Cl.FCC1CCC1.N=IC1CC(CF)C1. The van der Waals surface area contributed by atoms with E-state index in [0.717, 1.165) is 25.7 Å². The summed E-state index contributed by atoms with van der Waals surface area (Å²) < 4.78 is 30.8. The van der Waals surface area contributed by atoms with E-state index < -0.39 is 0 Å². The van der Waals surface area contributed by atoms with E-state index in [2.05, 4.69) is 0 Å². The fraction of sp³-hybridized carbons (Fsp3) is 1.00. The van der Waals surface area contributed by atoms with Gasteiger partial charge in [0.1, 0.15) is 0 Å². The lowest BCUT2D eigenvalue weighted by molar-refractivity contribution is 0.243. The number of rotatable bonds is 3. The molecular formula is C10H19ClF2IN. The summed E-state index contributed by atoms with van der Waals surface area (Å²) in [6, 6.07) is 0. The number of nitrogens with one attached hydrogen (secondary N) is 1. The van der Waals surface area contributed by atoms with Gasteiger partial charge in [0.25, 0.3) is 0 Å². The molecule has 0 aromatic heterocycles. The Bertz CT molecular complexity index is 170. The van der Waals surface area contributed by atoms with Gasteiger partial charge in [0.05, 0.1) is 13.3 Å². The van der Waals surface area contributed by atoms with Gasteiger partial charge in [-0.15, -0.1) is 12.4 Å². The third-order valence-corrected chi connectivity index (χ3v) is 4.89. The number of hydrogen-bond acceptors (Lipinski definition) is 1. The van der Waals surface area contributed by atoms with E-state index in [1.165, 1.54) is 6.42 Å². The fourth-order valence-electron chi connectivity index (χ4n) is 1.52. The molecule has 0 bridgehead atoms. The lowest BCUT2D eigenvalue weighted by Gasteiger charge is -2.28. The highest BCUT2D eigenvalue weighted by Gasteiger charge is 2.27. The average Bonchev–Trinajstić information content (AvgIpc) is 2.02. The number of halogens is 4. The summed E-state index contributed by atoms with van der Waals surface area (Å²) >= 11 is -0.319. The third-order valence-electron chi connectivity index (χ3n) is 2.99. The largest absolute Gasteiger partial charge is 0.278 e. The van der Waals surface area contributed by atoms with Crippen LogP contribution in [0.2, 0.25) is 0 Å². The first-order chi connectivity index (χ1) is 6.80. The first-order valence-corrected chi connectivity index (χ1v) is 7.53. The van der Waals surface area contributed by atoms with E-state index in [4.69, 9.17) is 3.56 Å². The third kappa shape index (κ3) is 5.52. The number of hydrogen-bond donors (Lipinski definition) is 1. The highest BCUT2D eigenvalue weighted by Crippen LogP contribution is 2.36. The van der Waals surface area contributed by atoms with Crippen molar-refractivity contribution in [2.24, 2.45) is 11.8 Å². The highest BCUT2D eigenvalue weighted by atomic mass is 127. The summed E-state index contributed by atoms with van der Waals surface area (Å²) in [5, 5.41) is 0. The molecule has 0 unspecified atom stereocenters. The molecule has 2 saturated carbocycles. The van der Waals surface area contributed by atoms with Crippen molar-refractivity contribution in [1.29, 1.82) is 3.56 Å².